The summed E-state index contributed by atoms with van der Waals surface area (Å²) in [7, 11) is -2.29. The number of ether oxygens (including phenoxy) is 1. The van der Waals surface area contributed by atoms with E-state index in [1.165, 1.54) is 7.05 Å². The zero-order valence-corrected chi connectivity index (χ0v) is 7.76. The van der Waals surface area contributed by atoms with Crippen molar-refractivity contribution in [1.29, 1.82) is 0 Å². The molecule has 0 saturated carbocycles. The fraction of sp³-hybridized carbons (Fsp3) is 1.00. The van der Waals surface area contributed by atoms with Crippen molar-refractivity contribution in [2.24, 2.45) is 0 Å². The van der Waals surface area contributed by atoms with Crippen molar-refractivity contribution < 1.29 is 17.3 Å². The molecule has 1 atom stereocenters. The van der Waals surface area contributed by atoms with Crippen LogP contribution in [0.5, 0.6) is 0 Å². The van der Waals surface area contributed by atoms with Crippen LogP contribution in [0.2, 0.25) is 0 Å². The maximum absolute atomic E-state index is 10.9. The SMILES string of the molecule is CNS(=O)(=O)OC1CCCCO1. The highest BCUT2D eigenvalue weighted by Crippen LogP contribution is 2.14. The van der Waals surface area contributed by atoms with E-state index < -0.39 is 16.6 Å². The van der Waals surface area contributed by atoms with Gasteiger partial charge in [-0.25, -0.2) is 4.18 Å². The Morgan fingerprint density at radius 1 is 1.50 bits per heavy atom. The standard InChI is InChI=1S/C6H13NO4S/c1-7-12(8,9)11-6-4-2-3-5-10-6/h6-7H,2-5H2,1H3. The quantitative estimate of drug-likeness (QED) is 0.688. The molecule has 1 unspecified atom stereocenters. The first-order chi connectivity index (χ1) is 5.64. The number of hydrogen-bond acceptors (Lipinski definition) is 4. The van der Waals surface area contributed by atoms with Gasteiger partial charge < -0.3 is 4.74 Å². The number of rotatable bonds is 3. The summed E-state index contributed by atoms with van der Waals surface area (Å²) >= 11 is 0. The van der Waals surface area contributed by atoms with Gasteiger partial charge in [0.25, 0.3) is 0 Å². The average molecular weight is 195 g/mol. The maximum Gasteiger partial charge on any atom is 0.338 e. The van der Waals surface area contributed by atoms with Crippen molar-refractivity contribution in [3.05, 3.63) is 0 Å². The first-order valence-corrected chi connectivity index (χ1v) is 5.28. The Kier molecular flexibility index (Phi) is 3.45. The minimum atomic E-state index is -3.59. The third-order valence-corrected chi connectivity index (χ3v) is 2.59. The second-order valence-corrected chi connectivity index (χ2v) is 4.06. The Labute approximate surface area is 72.3 Å². The van der Waals surface area contributed by atoms with Crippen molar-refractivity contribution >= 4 is 10.3 Å². The van der Waals surface area contributed by atoms with Crippen molar-refractivity contribution in [3.63, 3.8) is 0 Å². The van der Waals surface area contributed by atoms with Crippen molar-refractivity contribution in [1.82, 2.24) is 4.72 Å². The van der Waals surface area contributed by atoms with Crippen LogP contribution in [0.15, 0.2) is 0 Å². The lowest BCUT2D eigenvalue weighted by Crippen LogP contribution is -2.31. The van der Waals surface area contributed by atoms with E-state index in [1.807, 2.05) is 0 Å². The van der Waals surface area contributed by atoms with Crippen LogP contribution in [0.4, 0.5) is 0 Å². The summed E-state index contributed by atoms with van der Waals surface area (Å²) < 4.78 is 33.5. The van der Waals surface area contributed by atoms with Crippen LogP contribution in [0.3, 0.4) is 0 Å². The van der Waals surface area contributed by atoms with Gasteiger partial charge in [-0.05, 0) is 19.3 Å². The number of hydrogen-bond donors (Lipinski definition) is 1. The Morgan fingerprint density at radius 3 is 2.75 bits per heavy atom. The van der Waals surface area contributed by atoms with Gasteiger partial charge >= 0.3 is 10.3 Å². The zero-order valence-electron chi connectivity index (χ0n) is 6.95. The summed E-state index contributed by atoms with van der Waals surface area (Å²) in [6, 6.07) is 0. The fourth-order valence-electron chi connectivity index (χ4n) is 0.976. The molecule has 1 aliphatic rings. The van der Waals surface area contributed by atoms with Gasteiger partial charge in [-0.2, -0.15) is 13.1 Å². The first-order valence-electron chi connectivity index (χ1n) is 3.87. The van der Waals surface area contributed by atoms with Gasteiger partial charge in [0.15, 0.2) is 6.29 Å². The Balaban J connectivity index is 2.39. The van der Waals surface area contributed by atoms with Crippen LogP contribution < -0.4 is 4.72 Å². The van der Waals surface area contributed by atoms with Gasteiger partial charge in [-0.1, -0.05) is 0 Å². The molecular formula is C6H13NO4S. The van der Waals surface area contributed by atoms with Crippen molar-refractivity contribution in [2.75, 3.05) is 13.7 Å². The van der Waals surface area contributed by atoms with Crippen LogP contribution in [-0.4, -0.2) is 28.4 Å². The van der Waals surface area contributed by atoms with Gasteiger partial charge in [0.05, 0.1) is 0 Å². The second-order valence-electron chi connectivity index (χ2n) is 2.55. The molecule has 1 heterocycles. The lowest BCUT2D eigenvalue weighted by Gasteiger charge is -2.21. The third-order valence-electron chi connectivity index (χ3n) is 1.62. The minimum absolute atomic E-state index is 0.573. The minimum Gasteiger partial charge on any atom is -0.351 e. The summed E-state index contributed by atoms with van der Waals surface area (Å²) in [4.78, 5) is 0. The molecule has 0 radical (unpaired) electrons. The molecule has 0 aromatic carbocycles. The first kappa shape index (κ1) is 9.91. The van der Waals surface area contributed by atoms with E-state index >= 15 is 0 Å². The van der Waals surface area contributed by atoms with Crippen LogP contribution in [-0.2, 0) is 19.2 Å². The summed E-state index contributed by atoms with van der Waals surface area (Å²) in [5, 5.41) is 0. The predicted octanol–water partition coefficient (Wildman–Crippen LogP) is -0.00620. The summed E-state index contributed by atoms with van der Waals surface area (Å²) in [5.41, 5.74) is 0. The van der Waals surface area contributed by atoms with E-state index in [4.69, 9.17) is 4.74 Å². The van der Waals surface area contributed by atoms with Gasteiger partial charge in [-0.3, -0.25) is 0 Å². The molecule has 5 nitrogen and oxygen atoms in total. The molecule has 0 spiro atoms. The van der Waals surface area contributed by atoms with Crippen LogP contribution in [0.25, 0.3) is 0 Å². The highest BCUT2D eigenvalue weighted by Gasteiger charge is 2.20. The monoisotopic (exact) mass is 195 g/mol. The molecular weight excluding hydrogens is 182 g/mol. The van der Waals surface area contributed by atoms with E-state index in [2.05, 4.69) is 8.91 Å². The van der Waals surface area contributed by atoms with Crippen LogP contribution in [0, 0.1) is 0 Å². The number of nitrogens with one attached hydrogen (secondary N) is 1. The normalized spacial score (nSPS) is 25.6. The van der Waals surface area contributed by atoms with Gasteiger partial charge in [0, 0.05) is 13.7 Å². The van der Waals surface area contributed by atoms with Crippen LogP contribution >= 0.6 is 0 Å². The Bertz CT molecular complexity index is 220. The highest BCUT2D eigenvalue weighted by atomic mass is 32.2. The average Bonchev–Trinajstić information content (AvgIpc) is 2.06. The zero-order chi connectivity index (χ0) is 9.03. The molecule has 1 N–H and O–H groups in total. The van der Waals surface area contributed by atoms with E-state index in [1.54, 1.807) is 0 Å². The van der Waals surface area contributed by atoms with Gasteiger partial charge in [-0.15, -0.1) is 0 Å². The smallest absolute Gasteiger partial charge is 0.338 e. The van der Waals surface area contributed by atoms with E-state index in [0.717, 1.165) is 12.8 Å². The Hall–Kier alpha value is -0.170. The summed E-state index contributed by atoms with van der Waals surface area (Å²) in [6.45, 7) is 0.573. The predicted molar refractivity (Wildman–Crippen MR) is 42.7 cm³/mol. The van der Waals surface area contributed by atoms with Crippen LogP contribution in [0.1, 0.15) is 19.3 Å². The molecule has 0 aromatic heterocycles. The topological polar surface area (TPSA) is 64.6 Å². The van der Waals surface area contributed by atoms with Crippen molar-refractivity contribution in [3.8, 4) is 0 Å². The molecule has 1 saturated heterocycles. The third kappa shape index (κ3) is 3.06. The highest BCUT2D eigenvalue weighted by molar-refractivity contribution is 7.84. The molecule has 0 bridgehead atoms. The summed E-state index contributed by atoms with van der Waals surface area (Å²) in [5.74, 6) is 0. The molecule has 0 amide bonds. The van der Waals surface area contributed by atoms with E-state index in [9.17, 15) is 8.42 Å². The molecule has 0 aliphatic carbocycles. The molecule has 72 valence electrons. The Morgan fingerprint density at radius 2 is 2.25 bits per heavy atom. The molecule has 0 aromatic rings. The molecule has 6 heteroatoms. The fourth-order valence-corrected chi connectivity index (χ4v) is 1.51. The van der Waals surface area contributed by atoms with Gasteiger partial charge in [0.1, 0.15) is 0 Å². The van der Waals surface area contributed by atoms with Crippen molar-refractivity contribution in [2.45, 2.75) is 25.6 Å². The summed E-state index contributed by atoms with van der Waals surface area (Å²) in [6.07, 6.45) is 1.96. The maximum atomic E-state index is 10.9. The van der Waals surface area contributed by atoms with E-state index in [0.29, 0.717) is 13.0 Å². The van der Waals surface area contributed by atoms with E-state index in [-0.39, 0.29) is 0 Å². The molecule has 1 rings (SSSR count). The largest absolute Gasteiger partial charge is 0.351 e. The molecule has 1 fully saturated rings. The van der Waals surface area contributed by atoms with Gasteiger partial charge in [0.2, 0.25) is 0 Å². The lowest BCUT2D eigenvalue weighted by atomic mass is 10.2. The molecule has 1 aliphatic heterocycles. The lowest BCUT2D eigenvalue weighted by molar-refractivity contribution is -0.103. The molecule has 12 heavy (non-hydrogen) atoms. The second kappa shape index (κ2) is 4.18.